The van der Waals surface area contributed by atoms with Crippen molar-refractivity contribution < 1.29 is 13.2 Å². The van der Waals surface area contributed by atoms with E-state index in [0.29, 0.717) is 43.5 Å². The Morgan fingerprint density at radius 1 is 0.971 bits per heavy atom. The van der Waals surface area contributed by atoms with Gasteiger partial charge in [0.25, 0.3) is 0 Å². The number of benzene rings is 2. The molecule has 1 N–H and O–H groups in total. The van der Waals surface area contributed by atoms with Crippen molar-refractivity contribution in [3.63, 3.8) is 0 Å². The number of hydrogen-bond donors (Lipinski definition) is 1. The van der Waals surface area contributed by atoms with E-state index in [4.69, 9.17) is 14.7 Å². The molecule has 1 unspecified atom stereocenters. The van der Waals surface area contributed by atoms with Gasteiger partial charge in [0.05, 0.1) is 28.7 Å². The second kappa shape index (κ2) is 9.11. The first kappa shape index (κ1) is 22.4. The SMILES string of the molecule is CC(Nc1ncnc2ccccc12)c1nc(OC2CCN(S(C)(=O)=O)CC2)c2ccccc2n1. The molecule has 0 radical (unpaired) electrons. The van der Waals surface area contributed by atoms with Crippen LogP contribution in [0.15, 0.2) is 54.9 Å². The van der Waals surface area contributed by atoms with E-state index >= 15 is 0 Å². The molecule has 1 aliphatic heterocycles. The molecule has 9 nitrogen and oxygen atoms in total. The summed E-state index contributed by atoms with van der Waals surface area (Å²) in [4.78, 5) is 18.3. The van der Waals surface area contributed by atoms with Crippen molar-refractivity contribution in [3.8, 4) is 5.88 Å². The highest BCUT2D eigenvalue weighted by Gasteiger charge is 2.27. The van der Waals surface area contributed by atoms with Crippen molar-refractivity contribution in [1.29, 1.82) is 0 Å². The van der Waals surface area contributed by atoms with Crippen LogP contribution in [0.25, 0.3) is 21.8 Å². The smallest absolute Gasteiger partial charge is 0.225 e. The minimum absolute atomic E-state index is 0.113. The third kappa shape index (κ3) is 4.64. The van der Waals surface area contributed by atoms with E-state index in [1.54, 1.807) is 0 Å². The van der Waals surface area contributed by atoms with Gasteiger partial charge in [-0.15, -0.1) is 0 Å². The van der Waals surface area contributed by atoms with Crippen molar-refractivity contribution in [1.82, 2.24) is 24.2 Å². The van der Waals surface area contributed by atoms with Gasteiger partial charge in [0, 0.05) is 18.5 Å². The van der Waals surface area contributed by atoms with E-state index < -0.39 is 10.0 Å². The highest BCUT2D eigenvalue weighted by molar-refractivity contribution is 7.88. The van der Waals surface area contributed by atoms with Gasteiger partial charge >= 0.3 is 0 Å². The van der Waals surface area contributed by atoms with Crippen LogP contribution in [0, 0.1) is 0 Å². The first-order valence-corrected chi connectivity index (χ1v) is 13.1. The Bertz CT molecular complexity index is 1430. The number of piperidine rings is 1. The molecule has 1 aliphatic rings. The zero-order valence-corrected chi connectivity index (χ0v) is 19.9. The van der Waals surface area contributed by atoms with Crippen LogP contribution in [0.2, 0.25) is 0 Å². The van der Waals surface area contributed by atoms with Gasteiger partial charge in [-0.1, -0.05) is 24.3 Å². The van der Waals surface area contributed by atoms with E-state index in [1.807, 2.05) is 55.5 Å². The summed E-state index contributed by atoms with van der Waals surface area (Å²) < 4.78 is 31.5. The number of sulfonamides is 1. The zero-order chi connectivity index (χ0) is 23.7. The lowest BCUT2D eigenvalue weighted by Gasteiger charge is -2.30. The lowest BCUT2D eigenvalue weighted by molar-refractivity contribution is 0.131. The summed E-state index contributed by atoms with van der Waals surface area (Å²) in [6, 6.07) is 15.3. The maximum Gasteiger partial charge on any atom is 0.225 e. The van der Waals surface area contributed by atoms with E-state index in [0.717, 1.165) is 21.8 Å². The predicted molar refractivity (Wildman–Crippen MR) is 131 cm³/mol. The Morgan fingerprint density at radius 3 is 2.38 bits per heavy atom. The van der Waals surface area contributed by atoms with Crippen LogP contribution >= 0.6 is 0 Å². The van der Waals surface area contributed by atoms with Crippen molar-refractivity contribution in [2.24, 2.45) is 0 Å². The molecule has 1 fully saturated rings. The molecular formula is C24H26N6O3S. The third-order valence-corrected chi connectivity index (χ3v) is 7.32. The highest BCUT2D eigenvalue weighted by atomic mass is 32.2. The molecule has 2 aromatic heterocycles. The van der Waals surface area contributed by atoms with Crippen LogP contribution in [-0.2, 0) is 10.0 Å². The average molecular weight is 479 g/mol. The number of aromatic nitrogens is 4. The monoisotopic (exact) mass is 478 g/mol. The predicted octanol–water partition coefficient (Wildman–Crippen LogP) is 3.55. The molecule has 4 aromatic rings. The van der Waals surface area contributed by atoms with Gasteiger partial charge < -0.3 is 10.1 Å². The molecule has 0 bridgehead atoms. The largest absolute Gasteiger partial charge is 0.474 e. The fourth-order valence-corrected chi connectivity index (χ4v) is 5.05. The Balaban J connectivity index is 1.41. The zero-order valence-electron chi connectivity index (χ0n) is 19.0. The van der Waals surface area contributed by atoms with Crippen LogP contribution in [0.4, 0.5) is 5.82 Å². The Kier molecular flexibility index (Phi) is 6.01. The molecule has 1 atom stereocenters. The minimum atomic E-state index is -3.19. The van der Waals surface area contributed by atoms with Gasteiger partial charge in [0.15, 0.2) is 5.82 Å². The number of anilines is 1. The number of nitrogens with zero attached hydrogens (tertiary/aromatic N) is 5. The van der Waals surface area contributed by atoms with Gasteiger partial charge in [-0.05, 0) is 44.0 Å². The van der Waals surface area contributed by atoms with Crippen molar-refractivity contribution in [2.45, 2.75) is 31.9 Å². The summed E-state index contributed by atoms with van der Waals surface area (Å²) in [6.07, 6.45) is 3.89. The van der Waals surface area contributed by atoms with E-state index in [2.05, 4.69) is 15.3 Å². The number of hydrogen-bond acceptors (Lipinski definition) is 8. The van der Waals surface area contributed by atoms with Gasteiger partial charge in [0.2, 0.25) is 15.9 Å². The molecule has 10 heteroatoms. The standard InChI is InChI=1S/C24H26N6O3S/c1-16(27-23-18-7-3-5-9-20(18)25-15-26-23)22-28-21-10-6-4-8-19(21)24(29-22)33-17-11-13-30(14-12-17)34(2,31)32/h3-10,15-17H,11-14H2,1-2H3,(H,25,26,27). The first-order chi connectivity index (χ1) is 16.4. The van der Waals surface area contributed by atoms with Gasteiger partial charge in [-0.2, -0.15) is 4.98 Å². The van der Waals surface area contributed by atoms with E-state index in [9.17, 15) is 8.42 Å². The molecule has 1 saturated heterocycles. The Labute approximate surface area is 198 Å². The molecule has 0 saturated carbocycles. The summed E-state index contributed by atoms with van der Waals surface area (Å²) in [6.45, 7) is 2.87. The molecule has 0 aliphatic carbocycles. The quantitative estimate of drug-likeness (QED) is 0.448. The number of fused-ring (bicyclic) bond motifs is 2. The number of para-hydroxylation sites is 2. The van der Waals surface area contributed by atoms with Gasteiger partial charge in [-0.25, -0.2) is 27.7 Å². The molecule has 2 aromatic carbocycles. The molecular weight excluding hydrogens is 452 g/mol. The first-order valence-electron chi connectivity index (χ1n) is 11.2. The number of rotatable bonds is 6. The maximum atomic E-state index is 11.8. The Morgan fingerprint density at radius 2 is 1.65 bits per heavy atom. The molecule has 3 heterocycles. The number of nitrogens with one attached hydrogen (secondary N) is 1. The van der Waals surface area contributed by atoms with E-state index in [1.165, 1.54) is 16.9 Å². The van der Waals surface area contributed by atoms with E-state index in [-0.39, 0.29) is 12.1 Å². The third-order valence-electron chi connectivity index (χ3n) is 6.02. The summed E-state index contributed by atoms with van der Waals surface area (Å²) in [5.74, 6) is 1.81. The fourth-order valence-electron chi connectivity index (χ4n) is 4.18. The average Bonchev–Trinajstić information content (AvgIpc) is 2.84. The van der Waals surface area contributed by atoms with Crippen LogP contribution in [0.1, 0.15) is 31.6 Å². The molecule has 0 spiro atoms. The second-order valence-corrected chi connectivity index (χ2v) is 10.5. The molecule has 0 amide bonds. The minimum Gasteiger partial charge on any atom is -0.474 e. The maximum absolute atomic E-state index is 11.8. The van der Waals surface area contributed by atoms with Crippen LogP contribution in [0.5, 0.6) is 5.88 Å². The summed E-state index contributed by atoms with van der Waals surface area (Å²) >= 11 is 0. The molecule has 5 rings (SSSR count). The highest BCUT2D eigenvalue weighted by Crippen LogP contribution is 2.29. The Hall–Kier alpha value is -3.37. The lowest BCUT2D eigenvalue weighted by atomic mass is 10.1. The fraction of sp³-hybridized carbons (Fsp3) is 0.333. The van der Waals surface area contributed by atoms with Crippen molar-refractivity contribution in [3.05, 3.63) is 60.7 Å². The van der Waals surface area contributed by atoms with Crippen LogP contribution in [-0.4, -0.2) is 58.1 Å². The van der Waals surface area contributed by atoms with Gasteiger partial charge in [-0.3, -0.25) is 0 Å². The second-order valence-electron chi connectivity index (χ2n) is 8.49. The normalized spacial score (nSPS) is 16.5. The van der Waals surface area contributed by atoms with Gasteiger partial charge in [0.1, 0.15) is 18.2 Å². The molecule has 176 valence electrons. The summed E-state index contributed by atoms with van der Waals surface area (Å²) in [5.41, 5.74) is 1.65. The number of ether oxygens (including phenoxy) is 1. The van der Waals surface area contributed by atoms with Crippen molar-refractivity contribution in [2.75, 3.05) is 24.7 Å². The van der Waals surface area contributed by atoms with Crippen LogP contribution in [0.3, 0.4) is 0 Å². The van der Waals surface area contributed by atoms with Crippen molar-refractivity contribution >= 4 is 37.6 Å². The lowest BCUT2D eigenvalue weighted by Crippen LogP contribution is -2.41. The topological polar surface area (TPSA) is 110 Å². The summed E-state index contributed by atoms with van der Waals surface area (Å²) in [5, 5.41) is 5.17. The van der Waals surface area contributed by atoms with Crippen LogP contribution < -0.4 is 10.1 Å². The summed E-state index contributed by atoms with van der Waals surface area (Å²) in [7, 11) is -3.19. The molecule has 34 heavy (non-hydrogen) atoms.